The number of carbonyl (C=O) groups excluding carboxylic acids is 1. The number of fused-ring (bicyclic) bond motifs is 3. The average molecular weight is 424 g/mol. The molecule has 0 atom stereocenters. The lowest BCUT2D eigenvalue weighted by atomic mass is 9.99. The molecule has 0 aliphatic rings. The molecule has 0 aliphatic carbocycles. The van der Waals surface area contributed by atoms with Crippen LogP contribution in [0.2, 0.25) is 5.02 Å². The highest BCUT2D eigenvalue weighted by molar-refractivity contribution is 6.31. The summed E-state index contributed by atoms with van der Waals surface area (Å²) < 4.78 is 2.20. The first kappa shape index (κ1) is 19.4. The molecule has 5 rings (SSSR count). The Morgan fingerprint density at radius 3 is 2.42 bits per heavy atom. The largest absolute Gasteiger partial charge is 0.366 e. The topological polar surface area (TPSA) is 48.0 Å². The maximum Gasteiger partial charge on any atom is 0.249 e. The molecule has 1 amide bonds. The van der Waals surface area contributed by atoms with Crippen molar-refractivity contribution in [1.29, 1.82) is 0 Å². The van der Waals surface area contributed by atoms with Crippen LogP contribution in [0.3, 0.4) is 0 Å². The molecule has 0 aliphatic heterocycles. The van der Waals surface area contributed by atoms with Crippen LogP contribution in [0.4, 0.5) is 0 Å². The number of benzene rings is 4. The van der Waals surface area contributed by atoms with Crippen molar-refractivity contribution in [2.45, 2.75) is 13.0 Å². The van der Waals surface area contributed by atoms with E-state index >= 15 is 0 Å². The number of amides is 1. The fourth-order valence-corrected chi connectivity index (χ4v) is 4.43. The number of hydrogen-bond acceptors (Lipinski definition) is 1. The highest BCUT2D eigenvalue weighted by atomic mass is 35.5. The smallest absolute Gasteiger partial charge is 0.249 e. The molecule has 4 aromatic carbocycles. The average Bonchev–Trinajstić information content (AvgIpc) is 3.08. The molecule has 31 heavy (non-hydrogen) atoms. The van der Waals surface area contributed by atoms with E-state index < -0.39 is 5.91 Å². The van der Waals surface area contributed by atoms with Gasteiger partial charge >= 0.3 is 0 Å². The second-order valence-corrected chi connectivity index (χ2v) is 8.10. The van der Waals surface area contributed by atoms with E-state index in [9.17, 15) is 4.79 Å². The quantitative estimate of drug-likeness (QED) is 0.371. The third kappa shape index (κ3) is 3.58. The number of halogens is 1. The Labute approximate surface area is 185 Å². The number of hydrogen-bond donors (Lipinski definition) is 1. The van der Waals surface area contributed by atoms with E-state index in [4.69, 9.17) is 17.3 Å². The Morgan fingerprint density at radius 1 is 0.903 bits per heavy atom. The standard InChI is InChI=1S/C27H20ClN2O/c28-21-13-14-22-25(16-21)30(24-12-6-11-23(26(22)24)27(29)31)17-20-10-5-4-9-19(20)15-18-7-2-1-3-8-18/h1-13,16H,15,17H2,(H2,29,31). The molecule has 0 unspecified atom stereocenters. The molecule has 2 N–H and O–H groups in total. The predicted molar refractivity (Wildman–Crippen MR) is 127 cm³/mol. The van der Waals surface area contributed by atoms with Gasteiger partial charge < -0.3 is 10.3 Å². The second kappa shape index (κ2) is 7.93. The van der Waals surface area contributed by atoms with E-state index in [1.54, 1.807) is 12.1 Å². The summed E-state index contributed by atoms with van der Waals surface area (Å²) in [6, 6.07) is 31.5. The van der Waals surface area contributed by atoms with Gasteiger partial charge in [0.15, 0.2) is 0 Å². The molecule has 5 aromatic rings. The van der Waals surface area contributed by atoms with Gasteiger partial charge in [-0.3, -0.25) is 4.79 Å². The minimum absolute atomic E-state index is 0.447. The summed E-state index contributed by atoms with van der Waals surface area (Å²) in [7, 11) is 0. The summed E-state index contributed by atoms with van der Waals surface area (Å²) in [6.45, 7) is 0.652. The molecule has 1 radical (unpaired) electrons. The van der Waals surface area contributed by atoms with Crippen molar-refractivity contribution >= 4 is 39.3 Å². The maximum absolute atomic E-state index is 12.1. The summed E-state index contributed by atoms with van der Waals surface area (Å²) in [4.78, 5) is 12.1. The molecule has 151 valence electrons. The Hall–Kier alpha value is -3.56. The first-order valence-electron chi connectivity index (χ1n) is 10.1. The summed E-state index contributed by atoms with van der Waals surface area (Å²) in [5.74, 6) is -0.447. The van der Waals surface area contributed by atoms with Crippen LogP contribution in [0, 0.1) is 6.07 Å². The van der Waals surface area contributed by atoms with Gasteiger partial charge in [0.25, 0.3) is 0 Å². The van der Waals surface area contributed by atoms with Crippen molar-refractivity contribution in [2.24, 2.45) is 5.73 Å². The zero-order valence-electron chi connectivity index (χ0n) is 16.8. The number of nitrogens with zero attached hydrogens (tertiary/aromatic N) is 1. The lowest BCUT2D eigenvalue weighted by molar-refractivity contribution is 0.100. The van der Waals surface area contributed by atoms with E-state index in [0.717, 1.165) is 28.2 Å². The number of aromatic nitrogens is 1. The van der Waals surface area contributed by atoms with Crippen LogP contribution in [0.15, 0.2) is 84.9 Å². The van der Waals surface area contributed by atoms with Crippen LogP contribution in [0.1, 0.15) is 27.0 Å². The van der Waals surface area contributed by atoms with Crippen LogP contribution in [-0.4, -0.2) is 10.5 Å². The zero-order valence-corrected chi connectivity index (χ0v) is 17.6. The van der Waals surface area contributed by atoms with Gasteiger partial charge in [-0.1, -0.05) is 72.3 Å². The van der Waals surface area contributed by atoms with Gasteiger partial charge in [-0.05, 0) is 53.4 Å². The first-order chi connectivity index (χ1) is 15.1. The van der Waals surface area contributed by atoms with E-state index in [0.29, 0.717) is 17.1 Å². The minimum Gasteiger partial charge on any atom is -0.366 e. The van der Waals surface area contributed by atoms with Gasteiger partial charge in [-0.2, -0.15) is 0 Å². The Morgan fingerprint density at radius 2 is 1.65 bits per heavy atom. The molecule has 0 bridgehead atoms. The SMILES string of the molecule is NC(=O)c1cccc2c1c1[c]cc(Cl)cc1n2Cc1ccccc1Cc1ccccc1. The molecule has 1 aromatic heterocycles. The van der Waals surface area contributed by atoms with Gasteiger partial charge in [0, 0.05) is 27.9 Å². The third-order valence-electron chi connectivity index (χ3n) is 5.71. The van der Waals surface area contributed by atoms with Crippen LogP contribution >= 0.6 is 11.6 Å². The van der Waals surface area contributed by atoms with Crippen molar-refractivity contribution in [3.63, 3.8) is 0 Å². The van der Waals surface area contributed by atoms with E-state index in [-0.39, 0.29) is 0 Å². The van der Waals surface area contributed by atoms with E-state index in [2.05, 4.69) is 59.2 Å². The molecular formula is C27H20ClN2O. The molecule has 0 spiro atoms. The van der Waals surface area contributed by atoms with Crippen LogP contribution < -0.4 is 5.73 Å². The minimum atomic E-state index is -0.447. The lowest BCUT2D eigenvalue weighted by Crippen LogP contribution is -2.11. The van der Waals surface area contributed by atoms with E-state index in [1.807, 2.05) is 24.3 Å². The normalized spacial score (nSPS) is 11.3. The van der Waals surface area contributed by atoms with Gasteiger partial charge in [-0.15, -0.1) is 0 Å². The van der Waals surface area contributed by atoms with Gasteiger partial charge in [0.2, 0.25) is 5.91 Å². The fourth-order valence-electron chi connectivity index (χ4n) is 4.28. The molecule has 1 heterocycles. The number of rotatable bonds is 5. The summed E-state index contributed by atoms with van der Waals surface area (Å²) in [6.07, 6.45) is 0.855. The highest BCUT2D eigenvalue weighted by Gasteiger charge is 2.17. The van der Waals surface area contributed by atoms with Crippen molar-refractivity contribution in [1.82, 2.24) is 4.57 Å². The fraction of sp³-hybridized carbons (Fsp3) is 0.0741. The maximum atomic E-state index is 12.1. The monoisotopic (exact) mass is 423 g/mol. The van der Waals surface area contributed by atoms with Gasteiger partial charge in [0.05, 0.1) is 11.0 Å². The van der Waals surface area contributed by atoms with Gasteiger partial charge in [0.1, 0.15) is 0 Å². The summed E-state index contributed by atoms with van der Waals surface area (Å²) >= 11 is 6.33. The van der Waals surface area contributed by atoms with Gasteiger partial charge in [-0.25, -0.2) is 0 Å². The molecule has 3 nitrogen and oxygen atoms in total. The van der Waals surface area contributed by atoms with Crippen LogP contribution in [0.5, 0.6) is 0 Å². The summed E-state index contributed by atoms with van der Waals surface area (Å²) in [5, 5.41) is 2.28. The van der Waals surface area contributed by atoms with Crippen molar-refractivity contribution in [2.75, 3.05) is 0 Å². The van der Waals surface area contributed by atoms with Crippen molar-refractivity contribution < 1.29 is 4.79 Å². The lowest BCUT2D eigenvalue weighted by Gasteiger charge is -2.13. The first-order valence-corrected chi connectivity index (χ1v) is 10.5. The van der Waals surface area contributed by atoms with Crippen molar-refractivity contribution in [3.8, 4) is 0 Å². The highest BCUT2D eigenvalue weighted by Crippen LogP contribution is 2.34. The summed E-state index contributed by atoms with van der Waals surface area (Å²) in [5.41, 5.74) is 11.8. The Kier molecular flexibility index (Phi) is 4.97. The molecule has 0 fully saturated rings. The molecule has 4 heteroatoms. The zero-order chi connectivity index (χ0) is 21.4. The third-order valence-corrected chi connectivity index (χ3v) is 5.93. The number of carbonyl (C=O) groups is 1. The molecule has 0 saturated heterocycles. The predicted octanol–water partition coefficient (Wildman–Crippen LogP) is 5.99. The second-order valence-electron chi connectivity index (χ2n) is 7.66. The molecule has 0 saturated carbocycles. The van der Waals surface area contributed by atoms with Crippen molar-refractivity contribution in [3.05, 3.63) is 118 Å². The van der Waals surface area contributed by atoms with E-state index in [1.165, 1.54) is 16.7 Å². The number of primary amides is 1. The Bertz CT molecular complexity index is 1420. The van der Waals surface area contributed by atoms with Crippen LogP contribution in [0.25, 0.3) is 21.8 Å². The number of nitrogens with two attached hydrogens (primary N) is 1. The Balaban J connectivity index is 1.69. The van der Waals surface area contributed by atoms with Crippen LogP contribution in [-0.2, 0) is 13.0 Å². The molecular weight excluding hydrogens is 404 g/mol.